The van der Waals surface area contributed by atoms with Gasteiger partial charge >= 0.3 is 0 Å². The van der Waals surface area contributed by atoms with Gasteiger partial charge in [-0.2, -0.15) is 0 Å². The molecule has 0 unspecified atom stereocenters. The lowest BCUT2D eigenvalue weighted by molar-refractivity contribution is 0.640. The molecular weight excluding hydrogens is 280 g/mol. The van der Waals surface area contributed by atoms with Gasteiger partial charge in [0.15, 0.2) is 0 Å². The van der Waals surface area contributed by atoms with Crippen LogP contribution in [0.5, 0.6) is 0 Å². The molecule has 3 aromatic heterocycles. The highest BCUT2D eigenvalue weighted by molar-refractivity contribution is 5.42. The quantitative estimate of drug-likeness (QED) is 0.411. The van der Waals surface area contributed by atoms with Gasteiger partial charge in [0.25, 0.3) is 0 Å². The fraction of sp³-hybridized carbons (Fsp3) is 0.357. The largest absolute Gasteiger partial charge is 0.306 e. The molecule has 1 saturated carbocycles. The molecule has 1 aliphatic rings. The topological polar surface area (TPSA) is 96.8 Å². The molecule has 1 aliphatic carbocycles. The second kappa shape index (κ2) is 5.16. The predicted octanol–water partition coefficient (Wildman–Crippen LogP) is 2.66. The molecular formula is C14H14N8. The van der Waals surface area contributed by atoms with Crippen molar-refractivity contribution in [3.63, 3.8) is 0 Å². The fourth-order valence-electron chi connectivity index (χ4n) is 2.55. The SMILES string of the molecule is [N-]=[N+]=NCc1cn(Cc2cn3cc(C4CC4)ccc3n2)nn1. The van der Waals surface area contributed by atoms with Gasteiger partial charge in [-0.25, -0.2) is 9.67 Å². The number of azide groups is 1. The summed E-state index contributed by atoms with van der Waals surface area (Å²) in [5.41, 5.74) is 12.2. The molecule has 8 nitrogen and oxygen atoms in total. The van der Waals surface area contributed by atoms with E-state index in [1.807, 2.05) is 6.20 Å². The van der Waals surface area contributed by atoms with Crippen LogP contribution in [0.4, 0.5) is 0 Å². The Morgan fingerprint density at radius 3 is 2.95 bits per heavy atom. The number of hydrogen-bond acceptors (Lipinski definition) is 4. The molecule has 0 aliphatic heterocycles. The summed E-state index contributed by atoms with van der Waals surface area (Å²) in [6.45, 7) is 0.760. The zero-order chi connectivity index (χ0) is 14.9. The monoisotopic (exact) mass is 294 g/mol. The molecule has 1 fully saturated rings. The van der Waals surface area contributed by atoms with Gasteiger partial charge in [0, 0.05) is 23.5 Å². The van der Waals surface area contributed by atoms with Gasteiger partial charge in [0.05, 0.1) is 24.5 Å². The van der Waals surface area contributed by atoms with Crippen LogP contribution < -0.4 is 0 Å². The summed E-state index contributed by atoms with van der Waals surface area (Å²) in [4.78, 5) is 7.31. The summed E-state index contributed by atoms with van der Waals surface area (Å²) in [5.74, 6) is 0.730. The summed E-state index contributed by atoms with van der Waals surface area (Å²) < 4.78 is 3.77. The van der Waals surface area contributed by atoms with Crippen LogP contribution in [0, 0.1) is 0 Å². The van der Waals surface area contributed by atoms with Gasteiger partial charge in [-0.05, 0) is 35.9 Å². The maximum atomic E-state index is 8.31. The molecule has 3 aromatic rings. The van der Waals surface area contributed by atoms with Crippen molar-refractivity contribution in [2.24, 2.45) is 5.11 Å². The molecule has 0 N–H and O–H groups in total. The maximum absolute atomic E-state index is 8.31. The van der Waals surface area contributed by atoms with Crippen molar-refractivity contribution in [1.82, 2.24) is 24.4 Å². The Labute approximate surface area is 126 Å². The summed E-state index contributed by atoms with van der Waals surface area (Å²) in [6, 6.07) is 4.22. The van der Waals surface area contributed by atoms with Gasteiger partial charge in [0.2, 0.25) is 0 Å². The number of hydrogen-bond donors (Lipinski definition) is 0. The molecule has 110 valence electrons. The lowest BCUT2D eigenvalue weighted by Crippen LogP contribution is -2.00. The molecule has 0 amide bonds. The molecule has 0 spiro atoms. The standard InChI is InChI=1S/C14H14N8/c15-19-16-5-12-8-22(20-18-12)9-13-7-21-6-11(10-1-2-10)3-4-14(21)17-13/h3-4,6-8,10H,1-2,5,9H2. The van der Waals surface area contributed by atoms with Crippen LogP contribution in [0.15, 0.2) is 35.8 Å². The van der Waals surface area contributed by atoms with Crippen LogP contribution >= 0.6 is 0 Å². The van der Waals surface area contributed by atoms with Crippen LogP contribution in [-0.2, 0) is 13.1 Å². The van der Waals surface area contributed by atoms with Crippen LogP contribution in [0.3, 0.4) is 0 Å². The summed E-state index contributed by atoms with van der Waals surface area (Å²) >= 11 is 0. The normalized spacial score (nSPS) is 14.2. The first-order valence-corrected chi connectivity index (χ1v) is 7.19. The average molecular weight is 294 g/mol. The van der Waals surface area contributed by atoms with Crippen molar-refractivity contribution in [2.45, 2.75) is 31.8 Å². The Morgan fingerprint density at radius 2 is 2.14 bits per heavy atom. The average Bonchev–Trinajstić information content (AvgIpc) is 3.16. The van der Waals surface area contributed by atoms with E-state index in [1.54, 1.807) is 10.9 Å². The Kier molecular flexibility index (Phi) is 3.01. The minimum absolute atomic E-state index is 0.215. The smallest absolute Gasteiger partial charge is 0.137 e. The van der Waals surface area contributed by atoms with Crippen LogP contribution in [-0.4, -0.2) is 24.4 Å². The van der Waals surface area contributed by atoms with Crippen LogP contribution in [0.1, 0.15) is 35.7 Å². The first-order valence-electron chi connectivity index (χ1n) is 7.19. The third kappa shape index (κ3) is 2.51. The van der Waals surface area contributed by atoms with E-state index in [1.165, 1.54) is 18.4 Å². The van der Waals surface area contributed by atoms with Crippen molar-refractivity contribution in [3.8, 4) is 0 Å². The first-order chi connectivity index (χ1) is 10.8. The van der Waals surface area contributed by atoms with Crippen LogP contribution in [0.25, 0.3) is 16.1 Å². The highest BCUT2D eigenvalue weighted by Gasteiger charge is 2.23. The van der Waals surface area contributed by atoms with Crippen LogP contribution in [0.2, 0.25) is 0 Å². The van der Waals surface area contributed by atoms with Crippen molar-refractivity contribution < 1.29 is 0 Å². The third-order valence-corrected chi connectivity index (χ3v) is 3.78. The minimum Gasteiger partial charge on any atom is -0.306 e. The van der Waals surface area contributed by atoms with Gasteiger partial charge in [-0.3, -0.25) is 0 Å². The van der Waals surface area contributed by atoms with Crippen molar-refractivity contribution in [3.05, 3.63) is 58.1 Å². The van der Waals surface area contributed by atoms with Gasteiger partial charge in [0.1, 0.15) is 5.65 Å². The molecule has 4 rings (SSSR count). The van der Waals surface area contributed by atoms with E-state index in [2.05, 4.69) is 48.1 Å². The molecule has 0 saturated heterocycles. The zero-order valence-corrected chi connectivity index (χ0v) is 11.9. The minimum atomic E-state index is 0.215. The third-order valence-electron chi connectivity index (χ3n) is 3.78. The highest BCUT2D eigenvalue weighted by Crippen LogP contribution is 2.39. The van der Waals surface area contributed by atoms with Gasteiger partial charge < -0.3 is 4.40 Å². The van der Waals surface area contributed by atoms with Crippen molar-refractivity contribution in [2.75, 3.05) is 0 Å². The van der Waals surface area contributed by atoms with Gasteiger partial charge in [-0.15, -0.1) is 5.10 Å². The number of nitrogens with zero attached hydrogens (tertiary/aromatic N) is 8. The van der Waals surface area contributed by atoms with E-state index in [9.17, 15) is 0 Å². The molecule has 0 aromatic carbocycles. The first kappa shape index (κ1) is 12.8. The van der Waals surface area contributed by atoms with E-state index >= 15 is 0 Å². The number of imidazole rings is 1. The molecule has 0 atom stereocenters. The Balaban J connectivity index is 1.55. The van der Waals surface area contributed by atoms with E-state index in [0.717, 1.165) is 17.3 Å². The molecule has 8 heteroatoms. The van der Waals surface area contributed by atoms with Crippen molar-refractivity contribution in [1.29, 1.82) is 0 Å². The fourth-order valence-corrected chi connectivity index (χ4v) is 2.55. The summed E-state index contributed by atoms with van der Waals surface area (Å²) in [5, 5.41) is 11.5. The second-order valence-corrected chi connectivity index (χ2v) is 5.53. The van der Waals surface area contributed by atoms with E-state index in [0.29, 0.717) is 12.2 Å². The lowest BCUT2D eigenvalue weighted by atomic mass is 10.2. The molecule has 22 heavy (non-hydrogen) atoms. The summed E-state index contributed by atoms with van der Waals surface area (Å²) in [7, 11) is 0. The second-order valence-electron chi connectivity index (χ2n) is 5.53. The number of aromatic nitrogens is 5. The Morgan fingerprint density at radius 1 is 1.23 bits per heavy atom. The maximum Gasteiger partial charge on any atom is 0.137 e. The number of pyridine rings is 1. The highest BCUT2D eigenvalue weighted by atomic mass is 15.4. The zero-order valence-electron chi connectivity index (χ0n) is 11.9. The van der Waals surface area contributed by atoms with E-state index in [-0.39, 0.29) is 6.54 Å². The molecule has 0 radical (unpaired) electrons. The lowest BCUT2D eigenvalue weighted by Gasteiger charge is -1.98. The Hall–Kier alpha value is -2.86. The van der Waals surface area contributed by atoms with E-state index < -0.39 is 0 Å². The summed E-state index contributed by atoms with van der Waals surface area (Å²) in [6.07, 6.45) is 8.54. The van der Waals surface area contributed by atoms with Crippen molar-refractivity contribution >= 4 is 5.65 Å². The van der Waals surface area contributed by atoms with E-state index in [4.69, 9.17) is 5.53 Å². The molecule has 3 heterocycles. The molecule has 0 bridgehead atoms. The number of rotatable bonds is 5. The van der Waals surface area contributed by atoms with Gasteiger partial charge in [-0.1, -0.05) is 16.4 Å². The predicted molar refractivity (Wildman–Crippen MR) is 79.1 cm³/mol. The number of fused-ring (bicyclic) bond motifs is 1. The Bertz CT molecular complexity index is 866.